The number of hydrogen-bond donors (Lipinski definition) is 1. The molecule has 0 saturated carbocycles. The molecular formula is C17H18N2O2. The van der Waals surface area contributed by atoms with Crippen molar-refractivity contribution in [3.05, 3.63) is 54.1 Å². The number of rotatable bonds is 3. The fourth-order valence-electron chi connectivity index (χ4n) is 2.72. The third kappa shape index (κ3) is 2.70. The second-order valence-corrected chi connectivity index (χ2v) is 5.30. The minimum atomic E-state index is -0.0238. The van der Waals surface area contributed by atoms with E-state index in [4.69, 9.17) is 10.5 Å². The van der Waals surface area contributed by atoms with Crippen LogP contribution in [0.3, 0.4) is 0 Å². The number of benzene rings is 2. The summed E-state index contributed by atoms with van der Waals surface area (Å²) in [5, 5.41) is 0. The number of amides is 1. The predicted octanol–water partition coefficient (Wildman–Crippen LogP) is 2.63. The normalized spacial score (nSPS) is 16.6. The summed E-state index contributed by atoms with van der Waals surface area (Å²) in [5.41, 5.74) is 8.51. The number of carbonyl (C=O) groups excluding carboxylic acids is 1. The fraction of sp³-hybridized carbons (Fsp3) is 0.235. The first kappa shape index (κ1) is 13.5. The molecule has 2 aromatic rings. The van der Waals surface area contributed by atoms with E-state index >= 15 is 0 Å². The van der Waals surface area contributed by atoms with Gasteiger partial charge in [-0.15, -0.1) is 0 Å². The molecule has 2 N–H and O–H groups in total. The Hall–Kier alpha value is -2.49. The summed E-state index contributed by atoms with van der Waals surface area (Å²) in [7, 11) is 0. The summed E-state index contributed by atoms with van der Waals surface area (Å²) < 4.78 is 5.55. The van der Waals surface area contributed by atoms with Crippen LogP contribution in [0.2, 0.25) is 0 Å². The van der Waals surface area contributed by atoms with Gasteiger partial charge in [0.2, 0.25) is 0 Å². The van der Waals surface area contributed by atoms with Crippen molar-refractivity contribution in [3.63, 3.8) is 0 Å². The van der Waals surface area contributed by atoms with E-state index in [1.165, 1.54) is 5.56 Å². The molecule has 0 spiro atoms. The Labute approximate surface area is 124 Å². The molecule has 4 nitrogen and oxygen atoms in total. The van der Waals surface area contributed by atoms with Crippen molar-refractivity contribution in [2.24, 2.45) is 0 Å². The number of para-hydroxylation sites is 1. The van der Waals surface area contributed by atoms with Crippen LogP contribution in [-0.2, 0) is 11.2 Å². The second kappa shape index (κ2) is 5.48. The van der Waals surface area contributed by atoms with Crippen molar-refractivity contribution in [1.29, 1.82) is 0 Å². The Kier molecular flexibility index (Phi) is 3.52. The lowest BCUT2D eigenvalue weighted by atomic mass is 10.1. The smallest absolute Gasteiger partial charge is 0.265 e. The van der Waals surface area contributed by atoms with Gasteiger partial charge in [-0.2, -0.15) is 0 Å². The highest BCUT2D eigenvalue weighted by Crippen LogP contribution is 2.31. The number of ether oxygens (including phenoxy) is 1. The van der Waals surface area contributed by atoms with Gasteiger partial charge in [-0.3, -0.25) is 4.79 Å². The zero-order valence-corrected chi connectivity index (χ0v) is 12.0. The summed E-state index contributed by atoms with van der Waals surface area (Å²) in [5.74, 6) is 0.627. The van der Waals surface area contributed by atoms with E-state index in [1.54, 1.807) is 24.3 Å². The molecule has 0 aromatic heterocycles. The van der Waals surface area contributed by atoms with Crippen LogP contribution in [0.1, 0.15) is 12.5 Å². The molecule has 0 radical (unpaired) electrons. The van der Waals surface area contributed by atoms with Crippen LogP contribution in [0.4, 0.5) is 11.4 Å². The molecule has 21 heavy (non-hydrogen) atoms. The lowest BCUT2D eigenvalue weighted by molar-refractivity contribution is -0.120. The van der Waals surface area contributed by atoms with Gasteiger partial charge in [-0.1, -0.05) is 18.2 Å². The summed E-state index contributed by atoms with van der Waals surface area (Å²) in [6, 6.07) is 15.2. The standard InChI is InChI=1S/C17H18N2O2/c1-12-10-13-4-2-3-5-16(13)19(12)17(20)11-21-15-8-6-14(18)7-9-15/h2-9,12H,10-11,18H2,1H3. The third-order valence-corrected chi connectivity index (χ3v) is 3.72. The number of nitrogen functional groups attached to an aromatic ring is 1. The Morgan fingerprint density at radius 3 is 2.71 bits per heavy atom. The van der Waals surface area contributed by atoms with Crippen molar-refractivity contribution in [1.82, 2.24) is 0 Å². The van der Waals surface area contributed by atoms with Crippen molar-refractivity contribution in [2.75, 3.05) is 17.2 Å². The molecule has 0 saturated heterocycles. The number of nitrogens with two attached hydrogens (primary N) is 1. The molecule has 0 fully saturated rings. The molecule has 1 amide bonds. The first-order valence-electron chi connectivity index (χ1n) is 7.03. The van der Waals surface area contributed by atoms with E-state index in [1.807, 2.05) is 23.1 Å². The Balaban J connectivity index is 1.70. The number of nitrogens with zero attached hydrogens (tertiary/aromatic N) is 1. The van der Waals surface area contributed by atoms with E-state index < -0.39 is 0 Å². The van der Waals surface area contributed by atoms with E-state index in [9.17, 15) is 4.79 Å². The largest absolute Gasteiger partial charge is 0.484 e. The molecule has 1 atom stereocenters. The zero-order valence-electron chi connectivity index (χ0n) is 12.0. The number of fused-ring (bicyclic) bond motifs is 1. The van der Waals surface area contributed by atoms with Gasteiger partial charge in [-0.25, -0.2) is 0 Å². The van der Waals surface area contributed by atoms with Crippen molar-refractivity contribution in [2.45, 2.75) is 19.4 Å². The summed E-state index contributed by atoms with van der Waals surface area (Å²) in [6.45, 7) is 2.09. The Morgan fingerprint density at radius 1 is 1.24 bits per heavy atom. The fourth-order valence-corrected chi connectivity index (χ4v) is 2.72. The molecule has 108 valence electrons. The minimum Gasteiger partial charge on any atom is -0.484 e. The van der Waals surface area contributed by atoms with Crippen LogP contribution in [-0.4, -0.2) is 18.6 Å². The predicted molar refractivity (Wildman–Crippen MR) is 83.4 cm³/mol. The maximum absolute atomic E-state index is 12.4. The van der Waals surface area contributed by atoms with Crippen LogP contribution in [0, 0.1) is 0 Å². The average molecular weight is 282 g/mol. The van der Waals surface area contributed by atoms with Gasteiger partial charge in [-0.05, 0) is 49.2 Å². The lowest BCUT2D eigenvalue weighted by Gasteiger charge is -2.22. The van der Waals surface area contributed by atoms with Gasteiger partial charge in [0, 0.05) is 17.4 Å². The van der Waals surface area contributed by atoms with E-state index in [0.29, 0.717) is 11.4 Å². The highest BCUT2D eigenvalue weighted by molar-refractivity contribution is 5.97. The highest BCUT2D eigenvalue weighted by Gasteiger charge is 2.30. The Bertz CT molecular complexity index is 652. The van der Waals surface area contributed by atoms with E-state index in [-0.39, 0.29) is 18.6 Å². The first-order valence-corrected chi connectivity index (χ1v) is 7.03. The maximum Gasteiger partial charge on any atom is 0.265 e. The molecule has 1 heterocycles. The molecule has 2 aromatic carbocycles. The molecule has 0 bridgehead atoms. The monoisotopic (exact) mass is 282 g/mol. The summed E-state index contributed by atoms with van der Waals surface area (Å²) >= 11 is 0. The van der Waals surface area contributed by atoms with Gasteiger partial charge >= 0.3 is 0 Å². The van der Waals surface area contributed by atoms with E-state index in [0.717, 1.165) is 12.1 Å². The van der Waals surface area contributed by atoms with Crippen LogP contribution in [0.5, 0.6) is 5.75 Å². The van der Waals surface area contributed by atoms with Crippen molar-refractivity contribution >= 4 is 17.3 Å². The van der Waals surface area contributed by atoms with E-state index in [2.05, 4.69) is 13.0 Å². The van der Waals surface area contributed by atoms with Crippen molar-refractivity contribution < 1.29 is 9.53 Å². The van der Waals surface area contributed by atoms with Crippen LogP contribution in [0.15, 0.2) is 48.5 Å². The molecule has 1 aliphatic rings. The third-order valence-electron chi connectivity index (χ3n) is 3.72. The van der Waals surface area contributed by atoms with Gasteiger partial charge < -0.3 is 15.4 Å². The summed E-state index contributed by atoms with van der Waals surface area (Å²) in [6.07, 6.45) is 0.893. The molecule has 0 aliphatic carbocycles. The zero-order chi connectivity index (χ0) is 14.8. The molecule has 4 heteroatoms. The first-order chi connectivity index (χ1) is 10.1. The van der Waals surface area contributed by atoms with Gasteiger partial charge in [0.1, 0.15) is 5.75 Å². The van der Waals surface area contributed by atoms with Gasteiger partial charge in [0.05, 0.1) is 0 Å². The summed E-state index contributed by atoms with van der Waals surface area (Å²) in [4.78, 5) is 14.3. The van der Waals surface area contributed by atoms with Crippen LogP contribution in [0.25, 0.3) is 0 Å². The number of carbonyl (C=O) groups is 1. The maximum atomic E-state index is 12.4. The minimum absolute atomic E-state index is 0.0238. The SMILES string of the molecule is CC1Cc2ccccc2N1C(=O)COc1ccc(N)cc1. The lowest BCUT2D eigenvalue weighted by Crippen LogP contribution is -2.39. The van der Waals surface area contributed by atoms with Crippen LogP contribution < -0.4 is 15.4 Å². The van der Waals surface area contributed by atoms with Crippen LogP contribution >= 0.6 is 0 Å². The second-order valence-electron chi connectivity index (χ2n) is 5.30. The number of hydrogen-bond acceptors (Lipinski definition) is 3. The molecule has 1 aliphatic heterocycles. The molecule has 1 unspecified atom stereocenters. The Morgan fingerprint density at radius 2 is 1.95 bits per heavy atom. The molecular weight excluding hydrogens is 264 g/mol. The quantitative estimate of drug-likeness (QED) is 0.880. The topological polar surface area (TPSA) is 55.6 Å². The van der Waals surface area contributed by atoms with Gasteiger partial charge in [0.25, 0.3) is 5.91 Å². The number of anilines is 2. The average Bonchev–Trinajstić information content (AvgIpc) is 2.82. The van der Waals surface area contributed by atoms with Gasteiger partial charge in [0.15, 0.2) is 6.61 Å². The molecule has 3 rings (SSSR count). The highest BCUT2D eigenvalue weighted by atomic mass is 16.5. The van der Waals surface area contributed by atoms with Crippen molar-refractivity contribution in [3.8, 4) is 5.75 Å².